The van der Waals surface area contributed by atoms with Gasteiger partial charge in [-0.1, -0.05) is 25.2 Å². The van der Waals surface area contributed by atoms with Crippen molar-refractivity contribution in [2.24, 2.45) is 5.92 Å². The lowest BCUT2D eigenvalue weighted by Gasteiger charge is -2.20. The van der Waals surface area contributed by atoms with Crippen LogP contribution in [-0.4, -0.2) is 51.9 Å². The van der Waals surface area contributed by atoms with E-state index in [4.69, 9.17) is 4.74 Å². The minimum atomic E-state index is -1.55. The van der Waals surface area contributed by atoms with Crippen LogP contribution in [0.25, 0.3) is 6.08 Å². The third kappa shape index (κ3) is 5.21. The molecular weight excluding hydrogens is 362 g/mol. The lowest BCUT2D eigenvalue weighted by molar-refractivity contribution is -0.127. The molecule has 1 aromatic rings. The molecule has 0 fully saturated rings. The van der Waals surface area contributed by atoms with Crippen LogP contribution in [0.5, 0.6) is 5.75 Å². The molecule has 0 saturated carbocycles. The van der Waals surface area contributed by atoms with Crippen molar-refractivity contribution >= 4 is 23.5 Å². The van der Waals surface area contributed by atoms with E-state index in [-0.39, 0.29) is 23.7 Å². The normalized spacial score (nSPS) is 28.6. The first-order valence-corrected chi connectivity index (χ1v) is 9.31. The molecule has 1 aliphatic rings. The Bertz CT molecular complexity index is 785. The molecule has 7 nitrogen and oxygen atoms in total. The minimum absolute atomic E-state index is 0.00656. The Morgan fingerprint density at radius 2 is 1.89 bits per heavy atom. The molecule has 0 radical (unpaired) electrons. The van der Waals surface area contributed by atoms with Gasteiger partial charge in [-0.25, -0.2) is 4.79 Å². The molecule has 1 aromatic carbocycles. The zero-order valence-corrected chi connectivity index (χ0v) is 16.3. The maximum absolute atomic E-state index is 12.7. The Morgan fingerprint density at radius 1 is 1.18 bits per heavy atom. The number of benzene rings is 1. The molecule has 4 atom stereocenters. The van der Waals surface area contributed by atoms with Crippen LogP contribution in [0.3, 0.4) is 0 Å². The van der Waals surface area contributed by atoms with Crippen molar-refractivity contribution in [2.75, 3.05) is 11.9 Å². The molecule has 0 saturated heterocycles. The number of anilines is 1. The second-order valence-corrected chi connectivity index (χ2v) is 6.87. The van der Waals surface area contributed by atoms with E-state index < -0.39 is 30.1 Å². The number of esters is 1. The highest BCUT2D eigenvalue weighted by Gasteiger charge is 2.25. The fourth-order valence-electron chi connectivity index (χ4n) is 2.80. The van der Waals surface area contributed by atoms with E-state index >= 15 is 0 Å². The number of carbonyl (C=O) groups excluding carboxylic acids is 2. The first kappa shape index (κ1) is 21.7. The molecule has 0 aromatic heterocycles. The number of ether oxygens (including phenoxy) is 1. The number of phenols is 1. The van der Waals surface area contributed by atoms with Crippen LogP contribution in [0.2, 0.25) is 0 Å². The van der Waals surface area contributed by atoms with Crippen LogP contribution in [0.15, 0.2) is 30.4 Å². The van der Waals surface area contributed by atoms with Crippen LogP contribution in [0.1, 0.15) is 43.1 Å². The molecule has 0 bridgehead atoms. The Hall–Kier alpha value is -2.64. The average molecular weight is 389 g/mol. The molecule has 152 valence electrons. The topological polar surface area (TPSA) is 116 Å². The zero-order valence-electron chi connectivity index (χ0n) is 16.3. The smallest absolute Gasteiger partial charge is 0.342 e. The molecule has 28 heavy (non-hydrogen) atoms. The van der Waals surface area contributed by atoms with Gasteiger partial charge >= 0.3 is 5.97 Å². The molecule has 0 spiro atoms. The van der Waals surface area contributed by atoms with Crippen molar-refractivity contribution in [2.45, 2.75) is 45.5 Å². The van der Waals surface area contributed by atoms with Gasteiger partial charge in [-0.15, -0.1) is 0 Å². The fraction of sp³-hybridized carbons (Fsp3) is 0.429. The summed E-state index contributed by atoms with van der Waals surface area (Å²) in [5, 5.41) is 33.5. The summed E-state index contributed by atoms with van der Waals surface area (Å²) in [6.45, 7) is 5.96. The number of phenolic OH excluding ortho intramolecular Hbond substituents is 1. The van der Waals surface area contributed by atoms with Crippen molar-refractivity contribution in [3.05, 3.63) is 41.5 Å². The second kappa shape index (κ2) is 9.52. The van der Waals surface area contributed by atoms with Gasteiger partial charge in [0.05, 0.1) is 6.10 Å². The van der Waals surface area contributed by atoms with Gasteiger partial charge in [-0.3, -0.25) is 4.79 Å². The number of hydrogen-bond acceptors (Lipinski definition) is 7. The van der Waals surface area contributed by atoms with E-state index in [9.17, 15) is 24.9 Å². The predicted molar refractivity (Wildman–Crippen MR) is 106 cm³/mol. The summed E-state index contributed by atoms with van der Waals surface area (Å²) in [5.74, 6) is -1.84. The van der Waals surface area contributed by atoms with E-state index in [1.165, 1.54) is 24.3 Å². The highest BCUT2D eigenvalue weighted by molar-refractivity contribution is 5.97. The monoisotopic (exact) mass is 389 g/mol. The molecule has 7 heteroatoms. The van der Waals surface area contributed by atoms with Gasteiger partial charge in [0.1, 0.15) is 23.5 Å². The highest BCUT2D eigenvalue weighted by Crippen LogP contribution is 2.29. The van der Waals surface area contributed by atoms with Crippen molar-refractivity contribution in [3.8, 4) is 5.75 Å². The summed E-state index contributed by atoms with van der Waals surface area (Å²) in [7, 11) is 0. The number of ketones is 1. The van der Waals surface area contributed by atoms with E-state index in [2.05, 4.69) is 5.32 Å². The lowest BCUT2D eigenvalue weighted by Crippen LogP contribution is -2.32. The highest BCUT2D eigenvalue weighted by atomic mass is 16.5. The number of aliphatic hydroxyl groups is 2. The Kier molecular flexibility index (Phi) is 7.37. The van der Waals surface area contributed by atoms with Gasteiger partial charge in [0.2, 0.25) is 0 Å². The predicted octanol–water partition coefficient (Wildman–Crippen LogP) is 2.27. The van der Waals surface area contributed by atoms with Crippen molar-refractivity contribution < 1.29 is 29.6 Å². The molecule has 4 N–H and O–H groups in total. The summed E-state index contributed by atoms with van der Waals surface area (Å²) in [6, 6.07) is 3.13. The molecule has 1 aliphatic heterocycles. The molecule has 2 rings (SSSR count). The van der Waals surface area contributed by atoms with Crippen molar-refractivity contribution in [3.63, 3.8) is 0 Å². The van der Waals surface area contributed by atoms with Gasteiger partial charge in [-0.05, 0) is 38.0 Å². The summed E-state index contributed by atoms with van der Waals surface area (Å²) in [6.07, 6.45) is 2.37. The summed E-state index contributed by atoms with van der Waals surface area (Å²) >= 11 is 0. The molecule has 1 unspecified atom stereocenters. The van der Waals surface area contributed by atoms with Gasteiger partial charge in [0, 0.05) is 24.2 Å². The van der Waals surface area contributed by atoms with Gasteiger partial charge < -0.3 is 25.4 Å². The third-order valence-electron chi connectivity index (χ3n) is 4.66. The standard InChI is InChI=1S/C21H27NO6/c1-4-22-15-10-14-6-5-7-16(23)20(26)17(24)9-8-12(2)13(3)28-21(27)19(14)18(25)11-15/h5-6,8-13,16,20,22-23,25-26H,4,7H2,1-3H3/b6-5+,9-8-/t12-,13?,16+,20+/m1/s1. The lowest BCUT2D eigenvalue weighted by atomic mass is 9.99. The van der Waals surface area contributed by atoms with E-state index in [1.807, 2.05) is 6.92 Å². The Labute approximate surface area is 164 Å². The fourth-order valence-corrected chi connectivity index (χ4v) is 2.80. The molecular formula is C21H27NO6. The molecule has 0 aliphatic carbocycles. The maximum atomic E-state index is 12.7. The van der Waals surface area contributed by atoms with Crippen molar-refractivity contribution in [1.82, 2.24) is 0 Å². The Balaban J connectivity index is 2.50. The summed E-state index contributed by atoms with van der Waals surface area (Å²) in [5.41, 5.74) is 1.04. The summed E-state index contributed by atoms with van der Waals surface area (Å²) in [4.78, 5) is 24.7. The van der Waals surface area contributed by atoms with E-state index in [1.54, 1.807) is 26.0 Å². The van der Waals surface area contributed by atoms with Crippen molar-refractivity contribution in [1.29, 1.82) is 0 Å². The van der Waals surface area contributed by atoms with Crippen LogP contribution in [0, 0.1) is 5.92 Å². The number of aliphatic hydroxyl groups excluding tert-OH is 2. The number of cyclic esters (lactones) is 1. The average Bonchev–Trinajstić information content (AvgIpc) is 2.64. The van der Waals surface area contributed by atoms with E-state index in [0.717, 1.165) is 0 Å². The first-order valence-electron chi connectivity index (χ1n) is 9.31. The molecule has 0 amide bonds. The van der Waals surface area contributed by atoms with Crippen LogP contribution >= 0.6 is 0 Å². The maximum Gasteiger partial charge on any atom is 0.342 e. The number of rotatable bonds is 2. The van der Waals surface area contributed by atoms with Crippen LogP contribution in [0.4, 0.5) is 5.69 Å². The number of hydrogen-bond donors (Lipinski definition) is 4. The van der Waals surface area contributed by atoms with Crippen LogP contribution < -0.4 is 5.32 Å². The SMILES string of the molecule is CCNc1cc(O)c2c(c1)/C=C/C[C@H](O)[C@H](O)C(=O)/C=C\[C@@H](C)C(C)OC2=O. The number of fused-ring (bicyclic) bond motifs is 1. The van der Waals surface area contributed by atoms with Gasteiger partial charge in [0.15, 0.2) is 5.78 Å². The van der Waals surface area contributed by atoms with Gasteiger partial charge in [0.25, 0.3) is 0 Å². The number of carbonyl (C=O) groups is 2. The minimum Gasteiger partial charge on any atom is -0.507 e. The third-order valence-corrected chi connectivity index (χ3v) is 4.66. The van der Waals surface area contributed by atoms with E-state index in [0.29, 0.717) is 17.8 Å². The number of nitrogens with one attached hydrogen (secondary N) is 1. The number of aromatic hydroxyl groups is 1. The second-order valence-electron chi connectivity index (χ2n) is 6.87. The largest absolute Gasteiger partial charge is 0.507 e. The first-order chi connectivity index (χ1) is 13.2. The zero-order chi connectivity index (χ0) is 20.8. The molecule has 1 heterocycles. The quantitative estimate of drug-likeness (QED) is 0.573. The van der Waals surface area contributed by atoms with Gasteiger partial charge in [-0.2, -0.15) is 0 Å². The summed E-state index contributed by atoms with van der Waals surface area (Å²) < 4.78 is 5.47. The van der Waals surface area contributed by atoms with Crippen LogP contribution in [-0.2, 0) is 9.53 Å². The Morgan fingerprint density at radius 3 is 2.57 bits per heavy atom.